The lowest BCUT2D eigenvalue weighted by molar-refractivity contribution is -0.384. The first-order chi connectivity index (χ1) is 15.7. The molecule has 3 aromatic heterocycles. The molecule has 0 fully saturated rings. The van der Waals surface area contributed by atoms with Crippen LogP contribution in [0.2, 0.25) is 0 Å². The normalized spacial score (nSPS) is 11.4. The van der Waals surface area contributed by atoms with Gasteiger partial charge in [0.25, 0.3) is 5.69 Å². The fraction of sp³-hybridized carbons (Fsp3) is 0. The number of aromatic nitrogens is 3. The Labute approximate surface area is 182 Å². The molecule has 3 heterocycles. The van der Waals surface area contributed by atoms with Crippen molar-refractivity contribution in [2.24, 2.45) is 0 Å². The van der Waals surface area contributed by atoms with Crippen LogP contribution in [0.15, 0.2) is 97.5 Å². The molecular formula is C26H16N4O2. The standard InChI is InChI=1S/C26H16N4O2/c31-30(32)25-13-15-27-16-21(25)19-8-3-7-18-17-6-1-2-11-23(17)29(26(18)19)24-12-4-10-22-20(24)9-5-14-28-22/h1-16H. The van der Waals surface area contributed by atoms with Crippen molar-refractivity contribution in [2.75, 3.05) is 0 Å². The predicted molar refractivity (Wildman–Crippen MR) is 126 cm³/mol. The second kappa shape index (κ2) is 6.99. The lowest BCUT2D eigenvalue weighted by atomic mass is 10.0. The van der Waals surface area contributed by atoms with Crippen molar-refractivity contribution in [3.8, 4) is 16.8 Å². The van der Waals surface area contributed by atoms with Gasteiger partial charge < -0.3 is 4.57 Å². The minimum atomic E-state index is -0.356. The van der Waals surface area contributed by atoms with E-state index in [0.717, 1.165) is 44.0 Å². The molecule has 0 atom stereocenters. The van der Waals surface area contributed by atoms with Gasteiger partial charge in [-0.25, -0.2) is 0 Å². The molecule has 152 valence electrons. The molecule has 6 heteroatoms. The van der Waals surface area contributed by atoms with Crippen LogP contribution in [-0.2, 0) is 0 Å². The highest BCUT2D eigenvalue weighted by Crippen LogP contribution is 2.41. The minimum Gasteiger partial charge on any atom is -0.308 e. The number of nitrogens with zero attached hydrogens (tertiary/aromatic N) is 4. The molecular weight excluding hydrogens is 400 g/mol. The second-order valence-corrected chi connectivity index (χ2v) is 7.55. The van der Waals surface area contributed by atoms with E-state index in [0.29, 0.717) is 5.56 Å². The van der Waals surface area contributed by atoms with Crippen molar-refractivity contribution in [3.63, 3.8) is 0 Å². The van der Waals surface area contributed by atoms with E-state index in [2.05, 4.69) is 38.8 Å². The Kier molecular flexibility index (Phi) is 3.98. The molecule has 0 saturated carbocycles. The van der Waals surface area contributed by atoms with Gasteiger partial charge in [0, 0.05) is 46.4 Å². The summed E-state index contributed by atoms with van der Waals surface area (Å²) in [5.41, 5.74) is 5.08. The number of hydrogen-bond donors (Lipinski definition) is 0. The summed E-state index contributed by atoms with van der Waals surface area (Å²) in [7, 11) is 0. The first-order valence-electron chi connectivity index (χ1n) is 10.2. The molecule has 0 N–H and O–H groups in total. The van der Waals surface area contributed by atoms with Gasteiger partial charge >= 0.3 is 0 Å². The molecule has 0 saturated heterocycles. The molecule has 0 aliphatic heterocycles. The van der Waals surface area contributed by atoms with Crippen LogP contribution in [-0.4, -0.2) is 19.5 Å². The van der Waals surface area contributed by atoms with Crippen LogP contribution < -0.4 is 0 Å². The Balaban J connectivity index is 1.83. The quantitative estimate of drug-likeness (QED) is 0.251. The highest BCUT2D eigenvalue weighted by atomic mass is 16.6. The third kappa shape index (κ3) is 2.60. The van der Waals surface area contributed by atoms with E-state index in [1.807, 2.05) is 48.5 Å². The molecule has 6 aromatic rings. The van der Waals surface area contributed by atoms with Gasteiger partial charge in [-0.2, -0.15) is 0 Å². The van der Waals surface area contributed by atoms with Crippen molar-refractivity contribution >= 4 is 38.4 Å². The molecule has 6 nitrogen and oxygen atoms in total. The van der Waals surface area contributed by atoms with E-state index < -0.39 is 0 Å². The van der Waals surface area contributed by atoms with Crippen LogP contribution in [0.25, 0.3) is 49.5 Å². The predicted octanol–water partition coefficient (Wildman–Crippen LogP) is 6.30. The SMILES string of the molecule is O=[N+]([O-])c1ccncc1-c1cccc2c3ccccc3n(-c3cccc4ncccc34)c12. The van der Waals surface area contributed by atoms with E-state index >= 15 is 0 Å². The van der Waals surface area contributed by atoms with Crippen LogP contribution in [0, 0.1) is 10.1 Å². The Bertz CT molecular complexity index is 1660. The summed E-state index contributed by atoms with van der Waals surface area (Å²) in [6, 6.07) is 25.5. The summed E-state index contributed by atoms with van der Waals surface area (Å²) in [5.74, 6) is 0. The minimum absolute atomic E-state index is 0.0314. The molecule has 0 bridgehead atoms. The molecule has 3 aromatic carbocycles. The Hall–Kier alpha value is -4.58. The summed E-state index contributed by atoms with van der Waals surface area (Å²) in [6.07, 6.45) is 4.80. The van der Waals surface area contributed by atoms with E-state index in [1.54, 1.807) is 12.4 Å². The van der Waals surface area contributed by atoms with E-state index in [1.165, 1.54) is 12.3 Å². The van der Waals surface area contributed by atoms with Crippen molar-refractivity contribution in [2.45, 2.75) is 0 Å². The van der Waals surface area contributed by atoms with E-state index in [4.69, 9.17) is 0 Å². The van der Waals surface area contributed by atoms with Crippen LogP contribution >= 0.6 is 0 Å². The van der Waals surface area contributed by atoms with Crippen LogP contribution in [0.5, 0.6) is 0 Å². The fourth-order valence-corrected chi connectivity index (χ4v) is 4.52. The molecule has 32 heavy (non-hydrogen) atoms. The molecule has 6 rings (SSSR count). The topological polar surface area (TPSA) is 73.8 Å². The highest BCUT2D eigenvalue weighted by Gasteiger charge is 2.22. The van der Waals surface area contributed by atoms with Gasteiger partial charge in [-0.05, 0) is 30.3 Å². The zero-order valence-corrected chi connectivity index (χ0v) is 16.8. The Morgan fingerprint density at radius 2 is 1.56 bits per heavy atom. The largest absolute Gasteiger partial charge is 0.308 e. The van der Waals surface area contributed by atoms with Crippen molar-refractivity contribution in [3.05, 3.63) is 108 Å². The smallest absolute Gasteiger partial charge is 0.280 e. The summed E-state index contributed by atoms with van der Waals surface area (Å²) in [4.78, 5) is 20.1. The average molecular weight is 416 g/mol. The molecule has 0 spiro atoms. The number of rotatable bonds is 3. The zero-order chi connectivity index (χ0) is 21.7. The summed E-state index contributed by atoms with van der Waals surface area (Å²) in [5, 5.41) is 14.9. The first kappa shape index (κ1) is 18.2. The summed E-state index contributed by atoms with van der Waals surface area (Å²) < 4.78 is 2.18. The van der Waals surface area contributed by atoms with Crippen LogP contribution in [0.3, 0.4) is 0 Å². The Morgan fingerprint density at radius 3 is 2.47 bits per heavy atom. The average Bonchev–Trinajstić information content (AvgIpc) is 3.18. The molecule has 0 aliphatic rings. The van der Waals surface area contributed by atoms with Gasteiger partial charge in [-0.1, -0.05) is 42.5 Å². The molecule has 0 aliphatic carbocycles. The maximum Gasteiger partial charge on any atom is 0.280 e. The van der Waals surface area contributed by atoms with Crippen LogP contribution in [0.4, 0.5) is 5.69 Å². The maximum atomic E-state index is 11.8. The lowest BCUT2D eigenvalue weighted by Gasteiger charge is -2.13. The van der Waals surface area contributed by atoms with Crippen molar-refractivity contribution in [1.82, 2.24) is 14.5 Å². The zero-order valence-electron chi connectivity index (χ0n) is 16.8. The van der Waals surface area contributed by atoms with Crippen molar-refractivity contribution in [1.29, 1.82) is 0 Å². The van der Waals surface area contributed by atoms with Crippen LogP contribution in [0.1, 0.15) is 0 Å². The number of fused-ring (bicyclic) bond motifs is 4. The maximum absolute atomic E-state index is 11.8. The monoisotopic (exact) mass is 416 g/mol. The van der Waals surface area contributed by atoms with Gasteiger partial charge in [0.05, 0.1) is 32.7 Å². The van der Waals surface area contributed by atoms with E-state index in [-0.39, 0.29) is 10.6 Å². The highest BCUT2D eigenvalue weighted by molar-refractivity contribution is 6.15. The van der Waals surface area contributed by atoms with Gasteiger partial charge in [-0.3, -0.25) is 20.1 Å². The molecule has 0 unspecified atom stereocenters. The number of pyridine rings is 2. The van der Waals surface area contributed by atoms with E-state index in [9.17, 15) is 10.1 Å². The van der Waals surface area contributed by atoms with Gasteiger partial charge in [0.2, 0.25) is 0 Å². The third-order valence-electron chi connectivity index (χ3n) is 5.84. The van der Waals surface area contributed by atoms with Crippen molar-refractivity contribution < 1.29 is 4.92 Å². The number of para-hydroxylation sites is 2. The first-order valence-corrected chi connectivity index (χ1v) is 10.2. The number of hydrogen-bond acceptors (Lipinski definition) is 4. The lowest BCUT2D eigenvalue weighted by Crippen LogP contribution is -1.99. The summed E-state index contributed by atoms with van der Waals surface area (Å²) >= 11 is 0. The third-order valence-corrected chi connectivity index (χ3v) is 5.84. The van der Waals surface area contributed by atoms with Gasteiger partial charge in [0.1, 0.15) is 0 Å². The van der Waals surface area contributed by atoms with Gasteiger partial charge in [0.15, 0.2) is 0 Å². The number of benzene rings is 3. The summed E-state index contributed by atoms with van der Waals surface area (Å²) in [6.45, 7) is 0. The fourth-order valence-electron chi connectivity index (χ4n) is 4.52. The molecule has 0 radical (unpaired) electrons. The Morgan fingerprint density at radius 1 is 0.750 bits per heavy atom. The van der Waals surface area contributed by atoms with Gasteiger partial charge in [-0.15, -0.1) is 0 Å². The number of nitro groups is 1. The molecule has 0 amide bonds. The second-order valence-electron chi connectivity index (χ2n) is 7.55.